The summed E-state index contributed by atoms with van der Waals surface area (Å²) in [6.07, 6.45) is 4.57. The summed E-state index contributed by atoms with van der Waals surface area (Å²) in [6, 6.07) is 20.9. The van der Waals surface area contributed by atoms with Crippen molar-refractivity contribution in [2.24, 2.45) is 0 Å². The van der Waals surface area contributed by atoms with E-state index in [1.165, 1.54) is 18.4 Å². The van der Waals surface area contributed by atoms with E-state index >= 15 is 0 Å². The third-order valence-corrected chi connectivity index (χ3v) is 4.61. The Morgan fingerprint density at radius 2 is 1.64 bits per heavy atom. The van der Waals surface area contributed by atoms with Gasteiger partial charge >= 0.3 is 0 Å². The maximum absolute atomic E-state index is 5.99. The zero-order valence-corrected chi connectivity index (χ0v) is 13.1. The Kier molecular flexibility index (Phi) is 4.61. The third kappa shape index (κ3) is 3.08. The normalized spacial score (nSPS) is 24.3. The van der Waals surface area contributed by atoms with E-state index in [1.807, 2.05) is 18.2 Å². The van der Waals surface area contributed by atoms with Crippen molar-refractivity contribution in [1.82, 2.24) is 0 Å². The van der Waals surface area contributed by atoms with Gasteiger partial charge in [-0.1, -0.05) is 66.8 Å². The van der Waals surface area contributed by atoms with E-state index in [2.05, 4.69) is 54.3 Å². The molecule has 0 N–H and O–H groups in total. The monoisotopic (exact) mass is 290 g/mol. The van der Waals surface area contributed by atoms with E-state index in [0.29, 0.717) is 5.92 Å². The Bertz CT molecular complexity index is 651. The molecule has 0 amide bonds. The summed E-state index contributed by atoms with van der Waals surface area (Å²) in [5.41, 5.74) is 2.03. The maximum atomic E-state index is 5.99. The van der Waals surface area contributed by atoms with E-state index < -0.39 is 0 Å². The topological polar surface area (TPSA) is 9.23 Å². The Morgan fingerprint density at radius 1 is 0.955 bits per heavy atom. The van der Waals surface area contributed by atoms with Gasteiger partial charge in [-0.25, -0.2) is 0 Å². The summed E-state index contributed by atoms with van der Waals surface area (Å²) in [6.45, 7) is 0. The molecule has 1 aliphatic carbocycles. The molecule has 22 heavy (non-hydrogen) atoms. The molecular weight excluding hydrogens is 268 g/mol. The van der Waals surface area contributed by atoms with Crippen LogP contribution in [0.25, 0.3) is 0 Å². The van der Waals surface area contributed by atoms with Crippen LogP contribution >= 0.6 is 0 Å². The molecule has 2 atom stereocenters. The molecule has 3 rings (SSSR count). The Labute approximate surface area is 133 Å². The average molecular weight is 290 g/mol. The summed E-state index contributed by atoms with van der Waals surface area (Å²) in [5.74, 6) is 7.16. The SMILES string of the molecule is CO[C@]1(C#Cc2ccccc2)CCCC[C@@H]1c1ccccc1. The zero-order valence-electron chi connectivity index (χ0n) is 13.1. The summed E-state index contributed by atoms with van der Waals surface area (Å²) in [7, 11) is 1.81. The van der Waals surface area contributed by atoms with Crippen molar-refractivity contribution in [2.75, 3.05) is 7.11 Å². The molecule has 1 nitrogen and oxygen atoms in total. The molecule has 2 aromatic rings. The third-order valence-electron chi connectivity index (χ3n) is 4.61. The summed E-state index contributed by atoms with van der Waals surface area (Å²) < 4.78 is 5.99. The first kappa shape index (κ1) is 14.9. The fraction of sp³-hybridized carbons (Fsp3) is 0.333. The molecule has 0 unspecified atom stereocenters. The van der Waals surface area contributed by atoms with Crippen molar-refractivity contribution >= 4 is 0 Å². The van der Waals surface area contributed by atoms with Gasteiger partial charge in [0.25, 0.3) is 0 Å². The quantitative estimate of drug-likeness (QED) is 0.723. The van der Waals surface area contributed by atoms with E-state index in [9.17, 15) is 0 Å². The molecule has 1 fully saturated rings. The predicted molar refractivity (Wildman–Crippen MR) is 90.7 cm³/mol. The van der Waals surface area contributed by atoms with Gasteiger partial charge in [-0.15, -0.1) is 0 Å². The number of rotatable bonds is 2. The molecule has 0 aliphatic heterocycles. The van der Waals surface area contributed by atoms with Gasteiger partial charge in [-0.2, -0.15) is 0 Å². The van der Waals surface area contributed by atoms with Gasteiger partial charge in [0.15, 0.2) is 0 Å². The van der Waals surface area contributed by atoms with Crippen LogP contribution in [-0.2, 0) is 4.74 Å². The minimum atomic E-state index is -0.366. The van der Waals surface area contributed by atoms with Gasteiger partial charge in [0, 0.05) is 18.6 Å². The molecule has 0 heterocycles. The van der Waals surface area contributed by atoms with Crippen LogP contribution in [0, 0.1) is 11.8 Å². The highest BCUT2D eigenvalue weighted by Gasteiger charge is 2.40. The van der Waals surface area contributed by atoms with Crippen LogP contribution in [0.15, 0.2) is 60.7 Å². The molecule has 0 aromatic heterocycles. The van der Waals surface area contributed by atoms with Crippen LogP contribution in [0.4, 0.5) is 0 Å². The van der Waals surface area contributed by atoms with Crippen LogP contribution in [0.5, 0.6) is 0 Å². The largest absolute Gasteiger partial charge is 0.365 e. The lowest BCUT2D eigenvalue weighted by Crippen LogP contribution is -2.39. The van der Waals surface area contributed by atoms with Crippen molar-refractivity contribution in [1.29, 1.82) is 0 Å². The number of methoxy groups -OCH3 is 1. The van der Waals surface area contributed by atoms with E-state index in [4.69, 9.17) is 4.74 Å². The molecule has 112 valence electrons. The number of hydrogen-bond donors (Lipinski definition) is 0. The first-order valence-electron chi connectivity index (χ1n) is 8.02. The second-order valence-corrected chi connectivity index (χ2v) is 5.92. The second-order valence-electron chi connectivity index (χ2n) is 5.92. The summed E-state index contributed by atoms with van der Waals surface area (Å²) in [5, 5.41) is 0. The standard InChI is InChI=1S/C21H22O/c1-22-21(17-15-18-10-4-2-5-11-18)16-9-8-14-20(21)19-12-6-3-7-13-19/h2-7,10-13,20H,8-9,14,16H2,1H3/t20-,21+/m1/s1. The minimum absolute atomic E-state index is 0.351. The van der Waals surface area contributed by atoms with Crippen molar-refractivity contribution in [3.05, 3.63) is 71.8 Å². The highest BCUT2D eigenvalue weighted by Crippen LogP contribution is 2.42. The van der Waals surface area contributed by atoms with Crippen LogP contribution in [0.3, 0.4) is 0 Å². The fourth-order valence-corrected chi connectivity index (χ4v) is 3.41. The first-order valence-corrected chi connectivity index (χ1v) is 8.02. The van der Waals surface area contributed by atoms with Crippen molar-refractivity contribution in [3.63, 3.8) is 0 Å². The summed E-state index contributed by atoms with van der Waals surface area (Å²) >= 11 is 0. The van der Waals surface area contributed by atoms with Gasteiger partial charge in [0.05, 0.1) is 0 Å². The predicted octanol–water partition coefficient (Wildman–Crippen LogP) is 4.78. The molecule has 0 bridgehead atoms. The molecule has 1 saturated carbocycles. The van der Waals surface area contributed by atoms with Gasteiger partial charge in [-0.3, -0.25) is 0 Å². The Balaban J connectivity index is 1.96. The molecule has 2 aromatic carbocycles. The zero-order chi connectivity index (χ0) is 15.3. The van der Waals surface area contributed by atoms with Crippen molar-refractivity contribution < 1.29 is 4.74 Å². The minimum Gasteiger partial charge on any atom is -0.365 e. The molecule has 0 spiro atoms. The highest BCUT2D eigenvalue weighted by molar-refractivity contribution is 5.39. The van der Waals surface area contributed by atoms with Gasteiger partial charge < -0.3 is 4.74 Å². The van der Waals surface area contributed by atoms with Crippen LogP contribution in [-0.4, -0.2) is 12.7 Å². The van der Waals surface area contributed by atoms with Gasteiger partial charge in [0.1, 0.15) is 5.60 Å². The number of benzene rings is 2. The summed E-state index contributed by atoms with van der Waals surface area (Å²) in [4.78, 5) is 0. The Morgan fingerprint density at radius 3 is 2.32 bits per heavy atom. The van der Waals surface area contributed by atoms with E-state index in [1.54, 1.807) is 7.11 Å². The second kappa shape index (κ2) is 6.81. The smallest absolute Gasteiger partial charge is 0.135 e. The lowest BCUT2D eigenvalue weighted by molar-refractivity contribution is -0.00802. The molecule has 1 aliphatic rings. The maximum Gasteiger partial charge on any atom is 0.135 e. The number of ether oxygens (including phenoxy) is 1. The molecule has 0 radical (unpaired) electrons. The first-order chi connectivity index (χ1) is 10.8. The lowest BCUT2D eigenvalue weighted by Gasteiger charge is -2.39. The molecule has 0 saturated heterocycles. The van der Waals surface area contributed by atoms with E-state index in [-0.39, 0.29) is 5.60 Å². The molecular formula is C21H22O. The molecule has 1 heteroatoms. The van der Waals surface area contributed by atoms with Gasteiger partial charge in [-0.05, 0) is 37.0 Å². The average Bonchev–Trinajstić information content (AvgIpc) is 2.62. The van der Waals surface area contributed by atoms with Gasteiger partial charge in [0.2, 0.25) is 0 Å². The Hall–Kier alpha value is -2.04. The number of hydrogen-bond acceptors (Lipinski definition) is 1. The van der Waals surface area contributed by atoms with Crippen LogP contribution < -0.4 is 0 Å². The van der Waals surface area contributed by atoms with Crippen molar-refractivity contribution in [3.8, 4) is 11.8 Å². The van der Waals surface area contributed by atoms with Crippen LogP contribution in [0.1, 0.15) is 42.7 Å². The lowest BCUT2D eigenvalue weighted by atomic mass is 9.72. The van der Waals surface area contributed by atoms with Crippen molar-refractivity contribution in [2.45, 2.75) is 37.2 Å². The fourth-order valence-electron chi connectivity index (χ4n) is 3.41. The highest BCUT2D eigenvalue weighted by atomic mass is 16.5. The van der Waals surface area contributed by atoms with E-state index in [0.717, 1.165) is 18.4 Å². The van der Waals surface area contributed by atoms with Crippen LogP contribution in [0.2, 0.25) is 0 Å².